The molecule has 0 saturated carbocycles. The Balaban J connectivity index is 3.26. The molecule has 0 heterocycles. The number of benzene rings is 1. The van der Waals surface area contributed by atoms with Crippen molar-refractivity contribution in [2.24, 2.45) is 5.73 Å². The number of hydrogen-bond acceptors (Lipinski definition) is 2. The molecular formula is C10H12F3NO. The molecule has 0 saturated heterocycles. The van der Waals surface area contributed by atoms with Crippen LogP contribution in [-0.2, 0) is 6.42 Å². The van der Waals surface area contributed by atoms with Gasteiger partial charge in [0.1, 0.15) is 5.82 Å². The summed E-state index contributed by atoms with van der Waals surface area (Å²) in [5.74, 6) is -3.59. The molecule has 0 aliphatic carbocycles. The fourth-order valence-corrected chi connectivity index (χ4v) is 1.31. The van der Waals surface area contributed by atoms with E-state index in [1.807, 2.05) is 0 Å². The highest BCUT2D eigenvalue weighted by Gasteiger charge is 2.19. The van der Waals surface area contributed by atoms with Crippen LogP contribution in [0.25, 0.3) is 0 Å². The maximum absolute atomic E-state index is 13.5. The van der Waals surface area contributed by atoms with Gasteiger partial charge in [-0.1, -0.05) is 0 Å². The van der Waals surface area contributed by atoms with Crippen molar-refractivity contribution < 1.29 is 17.9 Å². The van der Waals surface area contributed by atoms with Gasteiger partial charge in [-0.3, -0.25) is 0 Å². The molecule has 0 radical (unpaired) electrons. The van der Waals surface area contributed by atoms with Crippen LogP contribution in [0, 0.1) is 17.5 Å². The van der Waals surface area contributed by atoms with E-state index in [1.165, 1.54) is 0 Å². The summed E-state index contributed by atoms with van der Waals surface area (Å²) in [4.78, 5) is 0. The molecule has 1 rings (SSSR count). The summed E-state index contributed by atoms with van der Waals surface area (Å²) in [5, 5.41) is 0. The quantitative estimate of drug-likeness (QED) is 0.843. The third-order valence-corrected chi connectivity index (χ3v) is 1.95. The van der Waals surface area contributed by atoms with E-state index < -0.39 is 29.2 Å². The topological polar surface area (TPSA) is 35.2 Å². The van der Waals surface area contributed by atoms with Crippen molar-refractivity contribution in [1.29, 1.82) is 0 Å². The van der Waals surface area contributed by atoms with Crippen molar-refractivity contribution in [2.75, 3.05) is 7.11 Å². The second-order valence-electron chi connectivity index (χ2n) is 3.35. The Hall–Kier alpha value is -1.23. The highest BCUT2D eigenvalue weighted by atomic mass is 19.1. The van der Waals surface area contributed by atoms with E-state index >= 15 is 0 Å². The second kappa shape index (κ2) is 4.53. The Bertz CT molecular complexity index is 366. The molecule has 1 aromatic carbocycles. The van der Waals surface area contributed by atoms with Gasteiger partial charge >= 0.3 is 0 Å². The molecule has 84 valence electrons. The van der Waals surface area contributed by atoms with Crippen LogP contribution in [-0.4, -0.2) is 13.2 Å². The van der Waals surface area contributed by atoms with Crippen LogP contribution in [0.15, 0.2) is 6.07 Å². The van der Waals surface area contributed by atoms with Crippen LogP contribution >= 0.6 is 0 Å². The summed E-state index contributed by atoms with van der Waals surface area (Å²) in [6.07, 6.45) is -0.00565. The number of rotatable bonds is 3. The molecule has 0 aromatic heterocycles. The van der Waals surface area contributed by atoms with Gasteiger partial charge in [0, 0.05) is 17.7 Å². The highest BCUT2D eigenvalue weighted by molar-refractivity contribution is 5.34. The maximum Gasteiger partial charge on any atom is 0.190 e. The maximum atomic E-state index is 13.5. The number of nitrogens with two attached hydrogens (primary N) is 1. The van der Waals surface area contributed by atoms with Crippen LogP contribution in [0.2, 0.25) is 0 Å². The smallest absolute Gasteiger partial charge is 0.190 e. The molecule has 0 aliphatic rings. The van der Waals surface area contributed by atoms with Crippen molar-refractivity contribution in [2.45, 2.75) is 19.4 Å². The largest absolute Gasteiger partial charge is 0.491 e. The fourth-order valence-electron chi connectivity index (χ4n) is 1.31. The van der Waals surface area contributed by atoms with E-state index in [9.17, 15) is 13.2 Å². The zero-order valence-electron chi connectivity index (χ0n) is 8.48. The van der Waals surface area contributed by atoms with Gasteiger partial charge in [0.2, 0.25) is 0 Å². The molecule has 1 unspecified atom stereocenters. The van der Waals surface area contributed by atoms with Crippen LogP contribution in [0.3, 0.4) is 0 Å². The van der Waals surface area contributed by atoms with Crippen molar-refractivity contribution in [3.8, 4) is 5.75 Å². The lowest BCUT2D eigenvalue weighted by atomic mass is 10.1. The molecule has 0 spiro atoms. The lowest BCUT2D eigenvalue weighted by molar-refractivity contribution is 0.352. The molecule has 0 fully saturated rings. The molecule has 5 heteroatoms. The lowest BCUT2D eigenvalue weighted by Crippen LogP contribution is -2.20. The normalized spacial score (nSPS) is 12.7. The van der Waals surface area contributed by atoms with Gasteiger partial charge in [-0.15, -0.1) is 0 Å². The van der Waals surface area contributed by atoms with E-state index in [0.29, 0.717) is 6.07 Å². The third kappa shape index (κ3) is 2.41. The summed E-state index contributed by atoms with van der Waals surface area (Å²) in [6.45, 7) is 1.61. The van der Waals surface area contributed by atoms with E-state index in [1.54, 1.807) is 6.92 Å². The molecular weight excluding hydrogens is 207 g/mol. The van der Waals surface area contributed by atoms with Crippen molar-refractivity contribution in [3.63, 3.8) is 0 Å². The zero-order valence-corrected chi connectivity index (χ0v) is 8.48. The molecule has 0 aliphatic heterocycles. The van der Waals surface area contributed by atoms with Crippen molar-refractivity contribution in [1.82, 2.24) is 0 Å². The summed E-state index contributed by atoms with van der Waals surface area (Å²) >= 11 is 0. The predicted octanol–water partition coefficient (Wildman–Crippen LogP) is 2.00. The first kappa shape index (κ1) is 11.8. The summed E-state index contributed by atoms with van der Waals surface area (Å²) in [6, 6.07) is 0.184. The number of methoxy groups -OCH3 is 1. The zero-order chi connectivity index (χ0) is 11.6. The molecule has 0 amide bonds. The molecule has 2 N–H and O–H groups in total. The van der Waals surface area contributed by atoms with Gasteiger partial charge in [-0.25, -0.2) is 13.2 Å². The standard InChI is InChI=1S/C10H12F3NO/c1-5(14)3-6-7(11)4-8(12)10(15-2)9(6)13/h4-5H,3,14H2,1-2H3. The van der Waals surface area contributed by atoms with Gasteiger partial charge in [0.25, 0.3) is 0 Å². The monoisotopic (exact) mass is 219 g/mol. The Morgan fingerprint density at radius 1 is 1.33 bits per heavy atom. The first-order chi connectivity index (χ1) is 6.97. The summed E-state index contributed by atoms with van der Waals surface area (Å²) < 4.78 is 44.2. The van der Waals surface area contributed by atoms with E-state index in [0.717, 1.165) is 7.11 Å². The summed E-state index contributed by atoms with van der Waals surface area (Å²) in [5.41, 5.74) is 5.18. The van der Waals surface area contributed by atoms with Crippen LogP contribution in [0.5, 0.6) is 5.75 Å². The Kier molecular flexibility index (Phi) is 3.57. The number of ether oxygens (including phenoxy) is 1. The van der Waals surface area contributed by atoms with Gasteiger partial charge in [0.15, 0.2) is 17.4 Å². The van der Waals surface area contributed by atoms with Gasteiger partial charge < -0.3 is 10.5 Å². The van der Waals surface area contributed by atoms with E-state index in [4.69, 9.17) is 5.73 Å². The Labute approximate surface area is 85.8 Å². The molecule has 1 aromatic rings. The molecule has 0 bridgehead atoms. The minimum atomic E-state index is -1.05. The third-order valence-electron chi connectivity index (χ3n) is 1.95. The van der Waals surface area contributed by atoms with Gasteiger partial charge in [0.05, 0.1) is 7.11 Å². The molecule has 2 nitrogen and oxygen atoms in total. The SMILES string of the molecule is COc1c(F)cc(F)c(CC(C)N)c1F. The van der Waals surface area contributed by atoms with Crippen molar-refractivity contribution >= 4 is 0 Å². The van der Waals surface area contributed by atoms with E-state index in [2.05, 4.69) is 4.74 Å². The molecule has 15 heavy (non-hydrogen) atoms. The average molecular weight is 219 g/mol. The molecule has 1 atom stereocenters. The van der Waals surface area contributed by atoms with Crippen LogP contribution < -0.4 is 10.5 Å². The Morgan fingerprint density at radius 3 is 2.40 bits per heavy atom. The predicted molar refractivity (Wildman–Crippen MR) is 50.2 cm³/mol. The van der Waals surface area contributed by atoms with Crippen LogP contribution in [0.1, 0.15) is 12.5 Å². The highest BCUT2D eigenvalue weighted by Crippen LogP contribution is 2.27. The van der Waals surface area contributed by atoms with Crippen LogP contribution in [0.4, 0.5) is 13.2 Å². The van der Waals surface area contributed by atoms with Crippen molar-refractivity contribution in [3.05, 3.63) is 29.1 Å². The minimum Gasteiger partial charge on any atom is -0.491 e. The second-order valence-corrected chi connectivity index (χ2v) is 3.35. The lowest BCUT2D eigenvalue weighted by Gasteiger charge is -2.11. The number of hydrogen-bond donors (Lipinski definition) is 1. The number of halogens is 3. The minimum absolute atomic E-state index is 0.00565. The first-order valence-electron chi connectivity index (χ1n) is 4.43. The fraction of sp³-hybridized carbons (Fsp3) is 0.400. The first-order valence-corrected chi connectivity index (χ1v) is 4.43. The average Bonchev–Trinajstić information content (AvgIpc) is 2.12. The van der Waals surface area contributed by atoms with E-state index in [-0.39, 0.29) is 12.0 Å². The Morgan fingerprint density at radius 2 is 1.93 bits per heavy atom. The van der Waals surface area contributed by atoms with Gasteiger partial charge in [-0.05, 0) is 13.3 Å². The summed E-state index contributed by atoms with van der Waals surface area (Å²) in [7, 11) is 1.12. The van der Waals surface area contributed by atoms with Gasteiger partial charge in [-0.2, -0.15) is 0 Å².